The average molecular weight is 265 g/mol. The van der Waals surface area contributed by atoms with Gasteiger partial charge in [-0.1, -0.05) is 24.3 Å². The Morgan fingerprint density at radius 3 is 2.50 bits per heavy atom. The summed E-state index contributed by atoms with van der Waals surface area (Å²) < 4.78 is 5.48. The molecule has 2 aromatic carbocycles. The molecular formula is C14H13ClO3. The van der Waals surface area contributed by atoms with Gasteiger partial charge in [-0.15, -0.1) is 11.6 Å². The van der Waals surface area contributed by atoms with Crippen LogP contribution in [0.4, 0.5) is 0 Å². The molecule has 0 aliphatic heterocycles. The fraction of sp³-hybridized carbons (Fsp3) is 0.214. The van der Waals surface area contributed by atoms with Crippen molar-refractivity contribution >= 4 is 28.3 Å². The summed E-state index contributed by atoms with van der Waals surface area (Å²) in [7, 11) is 0. The van der Waals surface area contributed by atoms with E-state index in [0.717, 1.165) is 10.8 Å². The third kappa shape index (κ3) is 2.74. The number of carbonyl (C=O) groups is 1. The molecule has 0 spiro atoms. The van der Waals surface area contributed by atoms with Crippen LogP contribution in [0.25, 0.3) is 10.8 Å². The summed E-state index contributed by atoms with van der Waals surface area (Å²) in [5, 5.41) is 11.0. The van der Waals surface area contributed by atoms with Gasteiger partial charge in [-0.05, 0) is 29.3 Å². The molecule has 0 heterocycles. The summed E-state index contributed by atoms with van der Waals surface area (Å²) >= 11 is 5.57. The smallest absolute Gasteiger partial charge is 0.339 e. The van der Waals surface area contributed by atoms with Gasteiger partial charge in [0.05, 0.1) is 6.61 Å². The van der Waals surface area contributed by atoms with Gasteiger partial charge in [0.25, 0.3) is 0 Å². The van der Waals surface area contributed by atoms with Crippen molar-refractivity contribution in [1.82, 2.24) is 0 Å². The van der Waals surface area contributed by atoms with Gasteiger partial charge in [-0.25, -0.2) is 4.79 Å². The lowest BCUT2D eigenvalue weighted by Gasteiger charge is -2.10. The SMILES string of the molecule is O=C(O)c1cc2ccccc2cc1OCCCCl. The normalized spacial score (nSPS) is 10.5. The Morgan fingerprint density at radius 2 is 1.89 bits per heavy atom. The molecule has 0 aromatic heterocycles. The number of carboxylic acid groups (broad SMARTS) is 1. The van der Waals surface area contributed by atoms with Crippen molar-refractivity contribution in [3.63, 3.8) is 0 Å². The topological polar surface area (TPSA) is 46.5 Å². The predicted octanol–water partition coefficient (Wildman–Crippen LogP) is 3.55. The molecule has 2 rings (SSSR count). The quantitative estimate of drug-likeness (QED) is 0.664. The minimum atomic E-state index is -0.985. The minimum absolute atomic E-state index is 0.184. The van der Waals surface area contributed by atoms with Gasteiger partial charge in [0.1, 0.15) is 11.3 Å². The number of benzene rings is 2. The zero-order valence-corrected chi connectivity index (χ0v) is 10.5. The second kappa shape index (κ2) is 5.74. The summed E-state index contributed by atoms with van der Waals surface area (Å²) in [5.74, 6) is -0.0938. The van der Waals surface area contributed by atoms with Crippen LogP contribution >= 0.6 is 11.6 Å². The molecule has 0 saturated heterocycles. The largest absolute Gasteiger partial charge is 0.493 e. The van der Waals surface area contributed by atoms with Crippen LogP contribution in [0.15, 0.2) is 36.4 Å². The van der Waals surface area contributed by atoms with Crippen molar-refractivity contribution in [2.24, 2.45) is 0 Å². The molecule has 0 aliphatic rings. The van der Waals surface area contributed by atoms with Crippen molar-refractivity contribution in [3.05, 3.63) is 42.0 Å². The molecule has 0 saturated carbocycles. The Hall–Kier alpha value is -1.74. The number of halogens is 1. The van der Waals surface area contributed by atoms with E-state index in [1.807, 2.05) is 24.3 Å². The fourth-order valence-corrected chi connectivity index (χ4v) is 1.85. The monoisotopic (exact) mass is 264 g/mol. The van der Waals surface area contributed by atoms with Crippen molar-refractivity contribution in [2.45, 2.75) is 6.42 Å². The Morgan fingerprint density at radius 1 is 1.22 bits per heavy atom. The number of fused-ring (bicyclic) bond motifs is 1. The summed E-state index contributed by atoms with van der Waals surface area (Å²) in [6.45, 7) is 0.419. The lowest BCUT2D eigenvalue weighted by molar-refractivity contribution is 0.0692. The first-order valence-corrected chi connectivity index (χ1v) is 6.20. The highest BCUT2D eigenvalue weighted by Crippen LogP contribution is 2.26. The van der Waals surface area contributed by atoms with Crippen LogP contribution in [0.2, 0.25) is 0 Å². The number of hydrogen-bond donors (Lipinski definition) is 1. The number of hydrogen-bond acceptors (Lipinski definition) is 2. The Kier molecular flexibility index (Phi) is 4.05. The second-order valence-electron chi connectivity index (χ2n) is 3.89. The van der Waals surface area contributed by atoms with E-state index in [1.54, 1.807) is 12.1 Å². The van der Waals surface area contributed by atoms with Crippen LogP contribution in [0.5, 0.6) is 5.75 Å². The van der Waals surface area contributed by atoms with Crippen LogP contribution in [-0.4, -0.2) is 23.6 Å². The maximum Gasteiger partial charge on any atom is 0.339 e. The van der Waals surface area contributed by atoms with Gasteiger partial charge >= 0.3 is 5.97 Å². The van der Waals surface area contributed by atoms with Crippen molar-refractivity contribution in [1.29, 1.82) is 0 Å². The summed E-state index contributed by atoms with van der Waals surface area (Å²) in [6.07, 6.45) is 0.688. The maximum atomic E-state index is 11.2. The lowest BCUT2D eigenvalue weighted by atomic mass is 10.1. The van der Waals surface area contributed by atoms with Crippen molar-refractivity contribution in [3.8, 4) is 5.75 Å². The maximum absolute atomic E-state index is 11.2. The standard InChI is InChI=1S/C14H13ClO3/c15-6-3-7-18-13-9-11-5-2-1-4-10(11)8-12(13)14(16)17/h1-2,4-5,8-9H,3,6-7H2,(H,16,17). The van der Waals surface area contributed by atoms with E-state index in [4.69, 9.17) is 16.3 Å². The van der Waals surface area contributed by atoms with E-state index in [0.29, 0.717) is 24.7 Å². The molecule has 0 bridgehead atoms. The molecule has 0 aliphatic carbocycles. The van der Waals surface area contributed by atoms with Crippen molar-refractivity contribution < 1.29 is 14.6 Å². The number of ether oxygens (including phenoxy) is 1. The molecule has 94 valence electrons. The zero-order valence-electron chi connectivity index (χ0n) is 9.73. The number of alkyl halides is 1. The van der Waals surface area contributed by atoms with Gasteiger partial charge in [-0.3, -0.25) is 0 Å². The third-order valence-electron chi connectivity index (χ3n) is 2.61. The molecule has 0 radical (unpaired) electrons. The summed E-state index contributed by atoms with van der Waals surface area (Å²) in [6, 6.07) is 11.0. The Balaban J connectivity index is 2.41. The molecule has 4 heteroatoms. The van der Waals surface area contributed by atoms with Crippen LogP contribution in [-0.2, 0) is 0 Å². The highest BCUT2D eigenvalue weighted by Gasteiger charge is 2.12. The van der Waals surface area contributed by atoms with E-state index in [-0.39, 0.29) is 5.56 Å². The highest BCUT2D eigenvalue weighted by molar-refractivity contribution is 6.17. The number of aromatic carboxylic acids is 1. The molecule has 0 amide bonds. The minimum Gasteiger partial charge on any atom is -0.493 e. The van der Waals surface area contributed by atoms with Gasteiger partial charge < -0.3 is 9.84 Å². The van der Waals surface area contributed by atoms with Crippen LogP contribution in [0.1, 0.15) is 16.8 Å². The van der Waals surface area contributed by atoms with E-state index >= 15 is 0 Å². The van der Waals surface area contributed by atoms with Gasteiger partial charge in [0.2, 0.25) is 0 Å². The second-order valence-corrected chi connectivity index (χ2v) is 4.27. The van der Waals surface area contributed by atoms with E-state index < -0.39 is 5.97 Å². The van der Waals surface area contributed by atoms with E-state index in [9.17, 15) is 9.90 Å². The van der Waals surface area contributed by atoms with Gasteiger partial charge in [0.15, 0.2) is 0 Å². The first-order valence-electron chi connectivity index (χ1n) is 5.67. The first kappa shape index (κ1) is 12.7. The van der Waals surface area contributed by atoms with E-state index in [1.165, 1.54) is 0 Å². The number of carboxylic acids is 1. The summed E-state index contributed by atoms with van der Waals surface area (Å²) in [4.78, 5) is 11.2. The molecule has 18 heavy (non-hydrogen) atoms. The molecule has 0 unspecified atom stereocenters. The highest BCUT2D eigenvalue weighted by atomic mass is 35.5. The van der Waals surface area contributed by atoms with E-state index in [2.05, 4.69) is 0 Å². The van der Waals surface area contributed by atoms with Crippen LogP contribution in [0.3, 0.4) is 0 Å². The van der Waals surface area contributed by atoms with Crippen LogP contribution < -0.4 is 4.74 Å². The zero-order chi connectivity index (χ0) is 13.0. The molecular weight excluding hydrogens is 252 g/mol. The summed E-state index contributed by atoms with van der Waals surface area (Å²) in [5.41, 5.74) is 0.184. The number of rotatable bonds is 5. The molecule has 0 fully saturated rings. The predicted molar refractivity (Wildman–Crippen MR) is 71.7 cm³/mol. The first-order chi connectivity index (χ1) is 8.72. The Labute approximate surface area is 110 Å². The Bertz CT molecular complexity index is 566. The van der Waals surface area contributed by atoms with Gasteiger partial charge in [0, 0.05) is 5.88 Å². The average Bonchev–Trinajstić information content (AvgIpc) is 2.38. The van der Waals surface area contributed by atoms with Gasteiger partial charge in [-0.2, -0.15) is 0 Å². The molecule has 0 atom stereocenters. The molecule has 2 aromatic rings. The molecule has 3 nitrogen and oxygen atoms in total. The third-order valence-corrected chi connectivity index (χ3v) is 2.88. The lowest BCUT2D eigenvalue weighted by Crippen LogP contribution is -2.05. The molecule has 1 N–H and O–H groups in total. The fourth-order valence-electron chi connectivity index (χ4n) is 1.74. The van der Waals surface area contributed by atoms with Crippen molar-refractivity contribution in [2.75, 3.05) is 12.5 Å². The van der Waals surface area contributed by atoms with Crippen LogP contribution in [0, 0.1) is 0 Å².